The van der Waals surface area contributed by atoms with Gasteiger partial charge in [0.2, 0.25) is 11.8 Å². The van der Waals surface area contributed by atoms with E-state index in [-0.39, 0.29) is 5.95 Å². The van der Waals surface area contributed by atoms with Gasteiger partial charge in [-0.05, 0) is 22.0 Å². The molecule has 2 rings (SSSR count). The molecule has 0 unspecified atom stereocenters. The van der Waals surface area contributed by atoms with Crippen molar-refractivity contribution >= 4 is 21.9 Å². The third-order valence-corrected chi connectivity index (χ3v) is 1.98. The summed E-state index contributed by atoms with van der Waals surface area (Å²) in [5, 5.41) is 0. The molecular weight excluding hydrogens is 260 g/mol. The minimum absolute atomic E-state index is 0.176. The summed E-state index contributed by atoms with van der Waals surface area (Å²) in [5.41, 5.74) is 5.42. The molecule has 0 fully saturated rings. The molecule has 0 aromatic carbocycles. The van der Waals surface area contributed by atoms with Gasteiger partial charge in [0.15, 0.2) is 0 Å². The fourth-order valence-corrected chi connectivity index (χ4v) is 1.33. The monoisotopic (exact) mass is 266 g/mol. The summed E-state index contributed by atoms with van der Waals surface area (Å²) in [6.45, 7) is 0. The lowest BCUT2D eigenvalue weighted by atomic mass is 10.5. The summed E-state index contributed by atoms with van der Waals surface area (Å²) in [5.74, 6) is 1.15. The first-order valence-electron chi connectivity index (χ1n) is 4.11. The van der Waals surface area contributed by atoms with Crippen LogP contribution in [0.4, 0.5) is 5.95 Å². The Labute approximate surface area is 94.5 Å². The standard InChI is InChI=1S/C9H7BrN4O/c10-6-3-7(5-12-4-6)15-8-1-2-13-9(11)14-8/h1-5H,(H2,11,13,14). The van der Waals surface area contributed by atoms with Crippen molar-refractivity contribution in [2.24, 2.45) is 0 Å². The maximum Gasteiger partial charge on any atom is 0.224 e. The Morgan fingerprint density at radius 3 is 2.93 bits per heavy atom. The SMILES string of the molecule is Nc1nccc(Oc2cncc(Br)c2)n1. The molecule has 6 heteroatoms. The Hall–Kier alpha value is -1.69. The second kappa shape index (κ2) is 4.22. The highest BCUT2D eigenvalue weighted by Crippen LogP contribution is 2.21. The number of halogens is 1. The summed E-state index contributed by atoms with van der Waals surface area (Å²) in [4.78, 5) is 11.6. The van der Waals surface area contributed by atoms with Crippen molar-refractivity contribution < 1.29 is 4.74 Å². The summed E-state index contributed by atoms with van der Waals surface area (Å²) in [7, 11) is 0. The van der Waals surface area contributed by atoms with Crippen LogP contribution in [-0.4, -0.2) is 15.0 Å². The van der Waals surface area contributed by atoms with Gasteiger partial charge in [-0.1, -0.05) is 0 Å². The van der Waals surface area contributed by atoms with E-state index >= 15 is 0 Å². The van der Waals surface area contributed by atoms with Gasteiger partial charge in [0.25, 0.3) is 0 Å². The highest BCUT2D eigenvalue weighted by atomic mass is 79.9. The zero-order chi connectivity index (χ0) is 10.7. The van der Waals surface area contributed by atoms with E-state index in [1.165, 1.54) is 6.20 Å². The van der Waals surface area contributed by atoms with Gasteiger partial charge in [0.1, 0.15) is 5.75 Å². The molecule has 0 saturated carbocycles. The molecule has 2 N–H and O–H groups in total. The van der Waals surface area contributed by atoms with Gasteiger partial charge in [-0.25, -0.2) is 4.98 Å². The van der Waals surface area contributed by atoms with Crippen LogP contribution < -0.4 is 10.5 Å². The number of pyridine rings is 1. The van der Waals surface area contributed by atoms with Crippen LogP contribution in [0, 0.1) is 0 Å². The van der Waals surface area contributed by atoms with Crippen LogP contribution in [0.15, 0.2) is 35.2 Å². The molecule has 0 bridgehead atoms. The smallest absolute Gasteiger partial charge is 0.224 e. The molecule has 2 aromatic rings. The van der Waals surface area contributed by atoms with Crippen molar-refractivity contribution in [3.63, 3.8) is 0 Å². The number of ether oxygens (including phenoxy) is 1. The van der Waals surface area contributed by atoms with Gasteiger partial charge < -0.3 is 10.5 Å². The number of nitrogen functional groups attached to an aromatic ring is 1. The lowest BCUT2D eigenvalue weighted by Crippen LogP contribution is -1.96. The molecule has 0 radical (unpaired) electrons. The topological polar surface area (TPSA) is 73.9 Å². The zero-order valence-corrected chi connectivity index (χ0v) is 9.18. The van der Waals surface area contributed by atoms with Gasteiger partial charge >= 0.3 is 0 Å². The highest BCUT2D eigenvalue weighted by molar-refractivity contribution is 9.10. The summed E-state index contributed by atoms with van der Waals surface area (Å²) in [6, 6.07) is 3.41. The maximum atomic E-state index is 5.42. The normalized spacial score (nSPS) is 9.93. The van der Waals surface area contributed by atoms with E-state index in [2.05, 4.69) is 30.9 Å². The van der Waals surface area contributed by atoms with Crippen molar-refractivity contribution in [1.82, 2.24) is 15.0 Å². The number of nitrogens with two attached hydrogens (primary N) is 1. The van der Waals surface area contributed by atoms with Gasteiger partial charge in [-0.15, -0.1) is 0 Å². The largest absolute Gasteiger partial charge is 0.437 e. The molecule has 15 heavy (non-hydrogen) atoms. The Morgan fingerprint density at radius 1 is 1.33 bits per heavy atom. The van der Waals surface area contributed by atoms with E-state index in [4.69, 9.17) is 10.5 Å². The minimum Gasteiger partial charge on any atom is -0.437 e. The first-order valence-corrected chi connectivity index (χ1v) is 4.90. The van der Waals surface area contributed by atoms with Crippen LogP contribution in [0.5, 0.6) is 11.6 Å². The molecule has 0 aliphatic rings. The second-order valence-electron chi connectivity index (χ2n) is 2.69. The Kier molecular flexibility index (Phi) is 2.77. The molecule has 0 saturated heterocycles. The molecule has 5 nitrogen and oxygen atoms in total. The van der Waals surface area contributed by atoms with E-state index < -0.39 is 0 Å². The fourth-order valence-electron chi connectivity index (χ4n) is 0.982. The van der Waals surface area contributed by atoms with E-state index in [9.17, 15) is 0 Å². The quantitative estimate of drug-likeness (QED) is 0.900. The van der Waals surface area contributed by atoms with Crippen LogP contribution in [0.1, 0.15) is 0 Å². The Bertz CT molecular complexity index is 434. The van der Waals surface area contributed by atoms with Crippen LogP contribution in [0.25, 0.3) is 0 Å². The van der Waals surface area contributed by atoms with E-state index in [0.717, 1.165) is 4.47 Å². The molecule has 0 aliphatic heterocycles. The van der Waals surface area contributed by atoms with Gasteiger partial charge in [0, 0.05) is 22.9 Å². The number of anilines is 1. The van der Waals surface area contributed by atoms with Crippen LogP contribution in [-0.2, 0) is 0 Å². The number of nitrogens with zero attached hydrogens (tertiary/aromatic N) is 3. The zero-order valence-electron chi connectivity index (χ0n) is 7.59. The second-order valence-corrected chi connectivity index (χ2v) is 3.61. The predicted octanol–water partition coefficient (Wildman–Crippen LogP) is 2.01. The van der Waals surface area contributed by atoms with Crippen molar-refractivity contribution in [1.29, 1.82) is 0 Å². The Morgan fingerprint density at radius 2 is 2.20 bits per heavy atom. The maximum absolute atomic E-state index is 5.42. The number of rotatable bonds is 2. The number of hydrogen-bond acceptors (Lipinski definition) is 5. The van der Waals surface area contributed by atoms with Crippen LogP contribution >= 0.6 is 15.9 Å². The fraction of sp³-hybridized carbons (Fsp3) is 0. The van der Waals surface area contributed by atoms with Gasteiger partial charge in [-0.2, -0.15) is 4.98 Å². The van der Waals surface area contributed by atoms with Crippen LogP contribution in [0.2, 0.25) is 0 Å². The molecule has 2 aromatic heterocycles. The summed E-state index contributed by atoms with van der Waals surface area (Å²) >= 11 is 3.29. The first kappa shape index (κ1) is 9.85. The first-order chi connectivity index (χ1) is 7.24. The number of hydrogen-bond donors (Lipinski definition) is 1. The Balaban J connectivity index is 2.22. The molecule has 0 atom stereocenters. The van der Waals surface area contributed by atoms with E-state index in [0.29, 0.717) is 11.6 Å². The summed E-state index contributed by atoms with van der Waals surface area (Å²) in [6.07, 6.45) is 4.79. The molecule has 76 valence electrons. The van der Waals surface area contributed by atoms with Crippen molar-refractivity contribution in [3.05, 3.63) is 35.2 Å². The minimum atomic E-state index is 0.176. The molecule has 0 aliphatic carbocycles. The van der Waals surface area contributed by atoms with Crippen molar-refractivity contribution in [3.8, 4) is 11.6 Å². The van der Waals surface area contributed by atoms with Crippen molar-refractivity contribution in [2.75, 3.05) is 5.73 Å². The van der Waals surface area contributed by atoms with E-state index in [1.54, 1.807) is 24.5 Å². The van der Waals surface area contributed by atoms with Crippen LogP contribution in [0.3, 0.4) is 0 Å². The third kappa shape index (κ3) is 2.63. The van der Waals surface area contributed by atoms with E-state index in [1.807, 2.05) is 0 Å². The number of aromatic nitrogens is 3. The average Bonchev–Trinajstić information content (AvgIpc) is 2.17. The van der Waals surface area contributed by atoms with Crippen molar-refractivity contribution in [2.45, 2.75) is 0 Å². The van der Waals surface area contributed by atoms with Gasteiger partial charge in [-0.3, -0.25) is 4.98 Å². The highest BCUT2D eigenvalue weighted by Gasteiger charge is 2.00. The molecule has 0 spiro atoms. The lowest BCUT2D eigenvalue weighted by molar-refractivity contribution is 0.460. The third-order valence-electron chi connectivity index (χ3n) is 1.55. The average molecular weight is 267 g/mol. The molecular formula is C9H7BrN4O. The lowest BCUT2D eigenvalue weighted by Gasteiger charge is -2.03. The molecule has 0 amide bonds. The predicted molar refractivity (Wildman–Crippen MR) is 58.5 cm³/mol. The summed E-state index contributed by atoms with van der Waals surface area (Å²) < 4.78 is 6.25. The van der Waals surface area contributed by atoms with Gasteiger partial charge in [0.05, 0.1) is 6.20 Å². The molecule has 2 heterocycles.